The zero-order valence-corrected chi connectivity index (χ0v) is 12.4. The van der Waals surface area contributed by atoms with Gasteiger partial charge in [0.05, 0.1) is 16.8 Å². The Morgan fingerprint density at radius 2 is 2.05 bits per heavy atom. The van der Waals surface area contributed by atoms with Crippen LogP contribution < -0.4 is 0 Å². The lowest BCUT2D eigenvalue weighted by atomic mass is 10.1. The van der Waals surface area contributed by atoms with E-state index in [0.29, 0.717) is 16.2 Å². The van der Waals surface area contributed by atoms with E-state index >= 15 is 0 Å². The van der Waals surface area contributed by atoms with Gasteiger partial charge in [0, 0.05) is 28.5 Å². The van der Waals surface area contributed by atoms with Crippen molar-refractivity contribution in [3.63, 3.8) is 0 Å². The summed E-state index contributed by atoms with van der Waals surface area (Å²) in [6.45, 7) is 0. The molecule has 0 fully saturated rings. The largest absolute Gasteiger partial charge is 0.478 e. The summed E-state index contributed by atoms with van der Waals surface area (Å²) in [7, 11) is -3.06. The molecule has 0 unspecified atom stereocenters. The molecule has 20 heavy (non-hydrogen) atoms. The number of fused-ring (bicyclic) bond motifs is 1. The summed E-state index contributed by atoms with van der Waals surface area (Å²) < 4.78 is 22.3. The summed E-state index contributed by atoms with van der Waals surface area (Å²) in [5.74, 6) is -0.745. The van der Waals surface area contributed by atoms with Crippen LogP contribution in [0.3, 0.4) is 0 Å². The molecule has 2 aromatic rings. The van der Waals surface area contributed by atoms with Crippen molar-refractivity contribution in [3.05, 3.63) is 36.0 Å². The van der Waals surface area contributed by atoms with Crippen LogP contribution in [0.15, 0.2) is 35.4 Å². The van der Waals surface area contributed by atoms with E-state index in [1.807, 2.05) is 6.07 Å². The van der Waals surface area contributed by atoms with Crippen LogP contribution >= 0.6 is 11.8 Å². The molecule has 0 aliphatic carbocycles. The molecular weight excluding hydrogens is 298 g/mol. The molecule has 1 aromatic carbocycles. The third kappa shape index (κ3) is 3.49. The van der Waals surface area contributed by atoms with Gasteiger partial charge in [-0.1, -0.05) is 18.2 Å². The number of aromatic carboxylic acids is 1. The first kappa shape index (κ1) is 14.8. The Bertz CT molecular complexity index is 756. The Morgan fingerprint density at radius 1 is 1.35 bits per heavy atom. The van der Waals surface area contributed by atoms with Gasteiger partial charge in [-0.25, -0.2) is 13.2 Å². The molecule has 1 N–H and O–H groups in total. The average molecular weight is 311 g/mol. The highest BCUT2D eigenvalue weighted by Crippen LogP contribution is 2.30. The highest BCUT2D eigenvalue weighted by molar-refractivity contribution is 8.00. The van der Waals surface area contributed by atoms with E-state index in [9.17, 15) is 18.3 Å². The lowest BCUT2D eigenvalue weighted by molar-refractivity contribution is 0.0693. The predicted molar refractivity (Wildman–Crippen MR) is 79.1 cm³/mol. The van der Waals surface area contributed by atoms with Crippen molar-refractivity contribution >= 4 is 38.5 Å². The molecular formula is C13H13NO4S2. The van der Waals surface area contributed by atoms with E-state index in [1.54, 1.807) is 18.2 Å². The van der Waals surface area contributed by atoms with Gasteiger partial charge in [0.1, 0.15) is 9.84 Å². The Hall–Kier alpha value is -1.60. The van der Waals surface area contributed by atoms with Crippen LogP contribution in [0.2, 0.25) is 0 Å². The number of carboxylic acid groups (broad SMARTS) is 1. The van der Waals surface area contributed by atoms with Crippen LogP contribution in [0.1, 0.15) is 10.4 Å². The predicted octanol–water partition coefficient (Wildman–Crippen LogP) is 2.07. The highest BCUT2D eigenvalue weighted by Gasteiger charge is 2.15. The standard InChI is InChI=1S/C13H13NO4S2/c1-20(17,18)7-6-19-12-9-4-2-3-5-11(9)14-8-10(12)13(15)16/h2-5,8H,6-7H2,1H3,(H,15,16). The molecule has 0 aliphatic heterocycles. The number of nitrogens with zero attached hydrogens (tertiary/aromatic N) is 1. The second-order valence-corrected chi connectivity index (χ2v) is 7.67. The van der Waals surface area contributed by atoms with E-state index in [-0.39, 0.29) is 11.3 Å². The summed E-state index contributed by atoms with van der Waals surface area (Å²) >= 11 is 1.23. The van der Waals surface area contributed by atoms with E-state index in [2.05, 4.69) is 4.98 Å². The lowest BCUT2D eigenvalue weighted by Gasteiger charge is -2.09. The molecule has 0 saturated carbocycles. The number of carboxylic acids is 1. The molecule has 0 saturated heterocycles. The molecule has 0 aliphatic rings. The van der Waals surface area contributed by atoms with Crippen molar-refractivity contribution in [1.82, 2.24) is 4.98 Å². The number of aromatic nitrogens is 1. The smallest absolute Gasteiger partial charge is 0.338 e. The van der Waals surface area contributed by atoms with Crippen LogP contribution in [0.5, 0.6) is 0 Å². The van der Waals surface area contributed by atoms with E-state index in [1.165, 1.54) is 18.0 Å². The van der Waals surface area contributed by atoms with Gasteiger partial charge in [-0.05, 0) is 6.07 Å². The third-order valence-electron chi connectivity index (χ3n) is 2.66. The number of benzene rings is 1. The first-order valence-electron chi connectivity index (χ1n) is 5.80. The maximum Gasteiger partial charge on any atom is 0.338 e. The molecule has 1 aromatic heterocycles. The summed E-state index contributed by atoms with van der Waals surface area (Å²) in [6.07, 6.45) is 2.48. The maximum atomic E-state index is 11.3. The number of hydrogen-bond donors (Lipinski definition) is 1. The first-order chi connectivity index (χ1) is 9.38. The SMILES string of the molecule is CS(=O)(=O)CCSc1c(C(=O)O)cnc2ccccc12. The maximum absolute atomic E-state index is 11.3. The van der Waals surface area contributed by atoms with Gasteiger partial charge in [0.2, 0.25) is 0 Å². The zero-order chi connectivity index (χ0) is 14.8. The quantitative estimate of drug-likeness (QED) is 0.851. The van der Waals surface area contributed by atoms with Gasteiger partial charge in [0.25, 0.3) is 0 Å². The summed E-state index contributed by atoms with van der Waals surface area (Å²) in [4.78, 5) is 15.9. The van der Waals surface area contributed by atoms with Gasteiger partial charge in [0.15, 0.2) is 0 Å². The van der Waals surface area contributed by atoms with Gasteiger partial charge in [-0.15, -0.1) is 11.8 Å². The molecule has 0 amide bonds. The number of carbonyl (C=O) groups is 1. The minimum absolute atomic E-state index is 0.00732. The number of hydrogen-bond acceptors (Lipinski definition) is 5. The minimum atomic E-state index is -3.06. The first-order valence-corrected chi connectivity index (χ1v) is 8.84. The fraction of sp³-hybridized carbons (Fsp3) is 0.231. The van der Waals surface area contributed by atoms with Crippen molar-refractivity contribution in [3.8, 4) is 0 Å². The lowest BCUT2D eigenvalue weighted by Crippen LogP contribution is -2.06. The van der Waals surface area contributed by atoms with E-state index in [4.69, 9.17) is 0 Å². The molecule has 5 nitrogen and oxygen atoms in total. The van der Waals surface area contributed by atoms with Crippen LogP contribution in [0.4, 0.5) is 0 Å². The molecule has 7 heteroatoms. The van der Waals surface area contributed by atoms with Crippen LogP contribution in [-0.2, 0) is 9.84 Å². The molecule has 0 atom stereocenters. The third-order valence-corrected chi connectivity index (χ3v) is 5.00. The second-order valence-electron chi connectivity index (χ2n) is 4.30. The van der Waals surface area contributed by atoms with Crippen molar-refractivity contribution in [2.75, 3.05) is 17.8 Å². The van der Waals surface area contributed by atoms with Crippen LogP contribution in [0.25, 0.3) is 10.9 Å². The summed E-state index contributed by atoms with van der Waals surface area (Å²) in [5, 5.41) is 9.94. The fourth-order valence-electron chi connectivity index (χ4n) is 1.72. The molecule has 0 spiro atoms. The van der Waals surface area contributed by atoms with Crippen molar-refractivity contribution in [2.24, 2.45) is 0 Å². The van der Waals surface area contributed by atoms with Crippen LogP contribution in [0, 0.1) is 0 Å². The monoisotopic (exact) mass is 311 g/mol. The second kappa shape index (κ2) is 5.80. The van der Waals surface area contributed by atoms with E-state index in [0.717, 1.165) is 11.6 Å². The van der Waals surface area contributed by atoms with Crippen molar-refractivity contribution < 1.29 is 18.3 Å². The summed E-state index contributed by atoms with van der Waals surface area (Å²) in [5.41, 5.74) is 0.793. The zero-order valence-electron chi connectivity index (χ0n) is 10.7. The Kier molecular flexibility index (Phi) is 4.29. The topological polar surface area (TPSA) is 84.3 Å². The summed E-state index contributed by atoms with van der Waals surface area (Å²) in [6, 6.07) is 7.20. The highest BCUT2D eigenvalue weighted by atomic mass is 32.2. The fourth-order valence-corrected chi connectivity index (χ4v) is 4.09. The average Bonchev–Trinajstić information content (AvgIpc) is 2.37. The van der Waals surface area contributed by atoms with Gasteiger partial charge in [-0.2, -0.15) is 0 Å². The Balaban J connectivity index is 2.42. The van der Waals surface area contributed by atoms with Gasteiger partial charge < -0.3 is 5.11 Å². The number of pyridine rings is 1. The molecule has 1 heterocycles. The molecule has 2 rings (SSSR count). The van der Waals surface area contributed by atoms with E-state index < -0.39 is 15.8 Å². The number of sulfone groups is 1. The number of thioether (sulfide) groups is 1. The number of rotatable bonds is 5. The molecule has 0 radical (unpaired) electrons. The Labute approximate surface area is 120 Å². The molecule has 106 valence electrons. The Morgan fingerprint density at radius 3 is 2.70 bits per heavy atom. The van der Waals surface area contributed by atoms with Crippen molar-refractivity contribution in [1.29, 1.82) is 0 Å². The normalized spacial score (nSPS) is 11.7. The minimum Gasteiger partial charge on any atom is -0.478 e. The number of para-hydroxylation sites is 1. The molecule has 0 bridgehead atoms. The van der Waals surface area contributed by atoms with Gasteiger partial charge in [-0.3, -0.25) is 4.98 Å². The van der Waals surface area contributed by atoms with Crippen molar-refractivity contribution in [2.45, 2.75) is 4.90 Å². The van der Waals surface area contributed by atoms with Crippen LogP contribution in [-0.4, -0.2) is 42.2 Å². The van der Waals surface area contributed by atoms with Gasteiger partial charge >= 0.3 is 5.97 Å².